The Morgan fingerprint density at radius 3 is 2.37 bits per heavy atom. The number of nitrogens with zero attached hydrogens (tertiary/aromatic N) is 2. The summed E-state index contributed by atoms with van der Waals surface area (Å²) in [7, 11) is 0. The maximum absolute atomic E-state index is 13.6. The molecule has 1 aliphatic heterocycles. The average Bonchev–Trinajstić information content (AvgIpc) is 3.36. The van der Waals surface area contributed by atoms with Gasteiger partial charge in [0, 0.05) is 36.8 Å². The molecule has 7 heteroatoms. The zero-order valence-electron chi connectivity index (χ0n) is 19.3. The number of ether oxygens (including phenoxy) is 1. The number of rotatable bonds is 7. The predicted molar refractivity (Wildman–Crippen MR) is 132 cm³/mol. The van der Waals surface area contributed by atoms with Crippen LogP contribution in [0.25, 0.3) is 16.6 Å². The first-order chi connectivity index (χ1) is 16.9. The first-order valence-electron chi connectivity index (χ1n) is 11.6. The standard InChI is InChI=1S/C28H25ClF2N2O2/c1-18(34)35-27(19-7-9-20(30)10-8-19)6-3-15-32-16-23-26(17-32)33(22-13-11-21(31)12-14-22)25-5-2-4-24(29)28(23)25/h2,4-5,7-14,27H,3,6,15-17H2,1H3. The average molecular weight is 495 g/mol. The summed E-state index contributed by atoms with van der Waals surface area (Å²) < 4.78 is 34.6. The van der Waals surface area contributed by atoms with Gasteiger partial charge in [0.2, 0.25) is 0 Å². The Balaban J connectivity index is 1.35. The fourth-order valence-electron chi connectivity index (χ4n) is 4.97. The highest BCUT2D eigenvalue weighted by Crippen LogP contribution is 2.39. The number of carbonyl (C=O) groups is 1. The quantitative estimate of drug-likeness (QED) is 0.260. The molecule has 0 fully saturated rings. The van der Waals surface area contributed by atoms with Crippen molar-refractivity contribution in [3.63, 3.8) is 0 Å². The number of hydrogen-bond acceptors (Lipinski definition) is 3. The number of esters is 1. The Morgan fingerprint density at radius 2 is 1.69 bits per heavy atom. The van der Waals surface area contributed by atoms with Crippen molar-refractivity contribution in [2.24, 2.45) is 0 Å². The fraction of sp³-hybridized carbons (Fsp3) is 0.250. The molecule has 5 rings (SSSR count). The van der Waals surface area contributed by atoms with E-state index in [-0.39, 0.29) is 17.6 Å². The monoisotopic (exact) mass is 494 g/mol. The van der Waals surface area contributed by atoms with Crippen LogP contribution >= 0.6 is 11.6 Å². The van der Waals surface area contributed by atoms with E-state index in [0.717, 1.165) is 53.9 Å². The van der Waals surface area contributed by atoms with Gasteiger partial charge in [0.1, 0.15) is 17.7 Å². The van der Waals surface area contributed by atoms with Crippen LogP contribution in [0.4, 0.5) is 8.78 Å². The lowest BCUT2D eigenvalue weighted by Crippen LogP contribution is -2.20. The number of fused-ring (bicyclic) bond motifs is 3. The second-order valence-corrected chi connectivity index (χ2v) is 9.28. The molecule has 0 N–H and O–H groups in total. The molecular formula is C28H25ClF2N2O2. The molecule has 1 aliphatic rings. The number of hydrogen-bond donors (Lipinski definition) is 0. The first kappa shape index (κ1) is 23.5. The molecule has 0 amide bonds. The van der Waals surface area contributed by atoms with Crippen molar-refractivity contribution in [2.45, 2.75) is 39.0 Å². The maximum atomic E-state index is 13.6. The molecule has 180 valence electrons. The fourth-order valence-corrected chi connectivity index (χ4v) is 5.25. The molecule has 0 saturated carbocycles. The molecule has 2 heterocycles. The molecular weight excluding hydrogens is 470 g/mol. The van der Waals surface area contributed by atoms with Gasteiger partial charge >= 0.3 is 5.97 Å². The highest BCUT2D eigenvalue weighted by Gasteiger charge is 2.28. The van der Waals surface area contributed by atoms with Crippen molar-refractivity contribution in [1.29, 1.82) is 0 Å². The summed E-state index contributed by atoms with van der Waals surface area (Å²) in [5, 5.41) is 1.73. The minimum atomic E-state index is -0.415. The SMILES string of the molecule is CC(=O)OC(CCCN1Cc2c(n(-c3ccc(F)cc3)c3cccc(Cl)c23)C1)c1ccc(F)cc1. The molecule has 0 radical (unpaired) electrons. The van der Waals surface area contributed by atoms with Crippen LogP contribution in [0.3, 0.4) is 0 Å². The van der Waals surface area contributed by atoms with E-state index in [1.54, 1.807) is 24.3 Å². The zero-order valence-corrected chi connectivity index (χ0v) is 20.1. The predicted octanol–water partition coefficient (Wildman–Crippen LogP) is 6.96. The van der Waals surface area contributed by atoms with E-state index in [1.165, 1.54) is 36.8 Å². The molecule has 3 aromatic carbocycles. The summed E-state index contributed by atoms with van der Waals surface area (Å²) in [6, 6.07) is 18.5. The second-order valence-electron chi connectivity index (χ2n) is 8.87. The summed E-state index contributed by atoms with van der Waals surface area (Å²) in [4.78, 5) is 14.0. The molecule has 1 aromatic heterocycles. The smallest absolute Gasteiger partial charge is 0.303 e. The van der Waals surface area contributed by atoms with Gasteiger partial charge in [-0.25, -0.2) is 8.78 Å². The largest absolute Gasteiger partial charge is 0.458 e. The van der Waals surface area contributed by atoms with Crippen molar-refractivity contribution < 1.29 is 18.3 Å². The number of aromatic nitrogens is 1. The lowest BCUT2D eigenvalue weighted by atomic mass is 10.0. The highest BCUT2D eigenvalue weighted by molar-refractivity contribution is 6.35. The summed E-state index contributed by atoms with van der Waals surface area (Å²) in [6.07, 6.45) is 1.01. The molecule has 1 atom stereocenters. The number of halogens is 3. The van der Waals surface area contributed by atoms with Crippen LogP contribution in [0.15, 0.2) is 66.7 Å². The van der Waals surface area contributed by atoms with Crippen molar-refractivity contribution >= 4 is 28.5 Å². The van der Waals surface area contributed by atoms with Crippen molar-refractivity contribution in [1.82, 2.24) is 9.47 Å². The Hall–Kier alpha value is -3.22. The van der Waals surface area contributed by atoms with Gasteiger partial charge in [-0.3, -0.25) is 9.69 Å². The van der Waals surface area contributed by atoms with Gasteiger partial charge < -0.3 is 9.30 Å². The van der Waals surface area contributed by atoms with E-state index in [4.69, 9.17) is 16.3 Å². The number of carbonyl (C=O) groups excluding carboxylic acids is 1. The second kappa shape index (κ2) is 9.80. The Labute approximate surface area is 207 Å². The van der Waals surface area contributed by atoms with Crippen molar-refractivity contribution in [3.05, 3.63) is 100 Å². The molecule has 35 heavy (non-hydrogen) atoms. The minimum absolute atomic E-state index is 0.273. The maximum Gasteiger partial charge on any atom is 0.303 e. The van der Waals surface area contributed by atoms with E-state index < -0.39 is 6.10 Å². The van der Waals surface area contributed by atoms with E-state index >= 15 is 0 Å². The van der Waals surface area contributed by atoms with Crippen molar-refractivity contribution in [2.75, 3.05) is 6.54 Å². The van der Waals surface area contributed by atoms with Crippen molar-refractivity contribution in [3.8, 4) is 5.69 Å². The summed E-state index contributed by atoms with van der Waals surface area (Å²) >= 11 is 6.62. The van der Waals surface area contributed by atoms with E-state index in [0.29, 0.717) is 11.4 Å². The van der Waals surface area contributed by atoms with Crippen LogP contribution in [-0.4, -0.2) is 22.0 Å². The van der Waals surface area contributed by atoms with Gasteiger partial charge in [0.05, 0.1) is 10.5 Å². The van der Waals surface area contributed by atoms with Gasteiger partial charge in [0.15, 0.2) is 0 Å². The summed E-state index contributed by atoms with van der Waals surface area (Å²) in [5.41, 5.74) is 5.03. The molecule has 1 unspecified atom stereocenters. The topological polar surface area (TPSA) is 34.5 Å². The van der Waals surface area contributed by atoms with Gasteiger partial charge in [0.25, 0.3) is 0 Å². The van der Waals surface area contributed by atoms with E-state index in [9.17, 15) is 13.6 Å². The lowest BCUT2D eigenvalue weighted by Gasteiger charge is -2.21. The van der Waals surface area contributed by atoms with Crippen LogP contribution in [0.2, 0.25) is 5.02 Å². The normalized spacial score (nSPS) is 14.3. The molecule has 4 aromatic rings. The summed E-state index contributed by atoms with van der Waals surface area (Å²) in [5.74, 6) is -0.954. The van der Waals surface area contributed by atoms with Gasteiger partial charge in [-0.1, -0.05) is 29.8 Å². The van der Waals surface area contributed by atoms with Gasteiger partial charge in [-0.15, -0.1) is 0 Å². The molecule has 0 saturated heterocycles. The lowest BCUT2D eigenvalue weighted by molar-refractivity contribution is -0.147. The van der Waals surface area contributed by atoms with Crippen LogP contribution in [-0.2, 0) is 22.6 Å². The third-order valence-electron chi connectivity index (χ3n) is 6.48. The Kier molecular flexibility index (Phi) is 6.58. The van der Waals surface area contributed by atoms with E-state index in [2.05, 4.69) is 9.47 Å². The molecule has 4 nitrogen and oxygen atoms in total. The third-order valence-corrected chi connectivity index (χ3v) is 6.80. The Bertz CT molecular complexity index is 1370. The molecule has 0 bridgehead atoms. The first-order valence-corrected chi connectivity index (χ1v) is 12.0. The zero-order chi connectivity index (χ0) is 24.5. The molecule has 0 aliphatic carbocycles. The van der Waals surface area contributed by atoms with Crippen LogP contribution in [0.1, 0.15) is 42.7 Å². The molecule has 0 spiro atoms. The summed E-state index contributed by atoms with van der Waals surface area (Å²) in [6.45, 7) is 3.66. The van der Waals surface area contributed by atoms with Crippen LogP contribution in [0.5, 0.6) is 0 Å². The highest BCUT2D eigenvalue weighted by atomic mass is 35.5. The van der Waals surface area contributed by atoms with Crippen LogP contribution in [0, 0.1) is 11.6 Å². The third kappa shape index (κ3) is 4.81. The minimum Gasteiger partial charge on any atom is -0.458 e. The number of benzene rings is 3. The van der Waals surface area contributed by atoms with Crippen LogP contribution < -0.4 is 0 Å². The van der Waals surface area contributed by atoms with E-state index in [1.807, 2.05) is 18.2 Å². The Morgan fingerprint density at radius 1 is 1.00 bits per heavy atom. The van der Waals surface area contributed by atoms with Gasteiger partial charge in [-0.05, 0) is 79.0 Å². The van der Waals surface area contributed by atoms with Gasteiger partial charge in [-0.2, -0.15) is 0 Å².